The van der Waals surface area contributed by atoms with Crippen LogP contribution in [0.3, 0.4) is 0 Å². The Labute approximate surface area is 86.3 Å². The van der Waals surface area contributed by atoms with Crippen molar-refractivity contribution in [1.82, 2.24) is 4.98 Å². The van der Waals surface area contributed by atoms with Crippen LogP contribution < -0.4 is 0 Å². The van der Waals surface area contributed by atoms with Crippen LogP contribution in [0.5, 0.6) is 0 Å². The number of ether oxygens (including phenoxy) is 1. The molecule has 0 saturated carbocycles. The Morgan fingerprint density at radius 1 is 1.47 bits per heavy atom. The maximum atomic E-state index is 11.2. The minimum atomic E-state index is -0.672. The molecule has 0 bridgehead atoms. The molecule has 0 aliphatic carbocycles. The van der Waals surface area contributed by atoms with E-state index in [0.29, 0.717) is 0 Å². The fourth-order valence-corrected chi connectivity index (χ4v) is 1.00. The molecule has 0 N–H and O–H groups in total. The van der Waals surface area contributed by atoms with E-state index in [2.05, 4.69) is 9.72 Å². The smallest absolute Gasteiger partial charge is 0.356 e. The quantitative estimate of drug-likeness (QED) is 0.529. The molecule has 0 fully saturated rings. The van der Waals surface area contributed by atoms with E-state index in [-0.39, 0.29) is 22.7 Å². The summed E-state index contributed by atoms with van der Waals surface area (Å²) in [6.07, 6.45) is 0. The monoisotopic (exact) mass is 204 g/mol. The minimum Gasteiger partial charge on any atom is -0.464 e. The Balaban J connectivity index is 3.31. The lowest BCUT2D eigenvalue weighted by Gasteiger charge is -2.01. The van der Waals surface area contributed by atoms with Gasteiger partial charge < -0.3 is 4.74 Å². The van der Waals surface area contributed by atoms with Crippen LogP contribution in [0.15, 0.2) is 12.1 Å². The molecule has 0 saturated heterocycles. The molecule has 0 spiro atoms. The lowest BCUT2D eigenvalue weighted by molar-refractivity contribution is 0.0594. The van der Waals surface area contributed by atoms with Crippen LogP contribution in [0.4, 0.5) is 0 Å². The Morgan fingerprint density at radius 2 is 2.13 bits per heavy atom. The molecule has 5 nitrogen and oxygen atoms in total. The van der Waals surface area contributed by atoms with Gasteiger partial charge in [-0.05, 0) is 19.1 Å². The number of pyridine rings is 1. The minimum absolute atomic E-state index is 0.0168. The Kier molecular flexibility index (Phi) is 3.13. The van der Waals surface area contributed by atoms with E-state index < -0.39 is 5.97 Å². The molecule has 1 heterocycles. The molecule has 76 valence electrons. The predicted molar refractivity (Wildman–Crippen MR) is 50.3 cm³/mol. The van der Waals surface area contributed by atoms with Crippen molar-refractivity contribution in [3.05, 3.63) is 29.1 Å². The first kappa shape index (κ1) is 10.9. The van der Waals surface area contributed by atoms with Crippen LogP contribution in [0.1, 0.15) is 33.5 Å². The topological polar surface area (TPSA) is 80.0 Å². The van der Waals surface area contributed by atoms with Gasteiger partial charge in [-0.15, -0.1) is 0 Å². The molecule has 15 heavy (non-hydrogen) atoms. The number of hydrogen-bond acceptors (Lipinski definition) is 5. The van der Waals surface area contributed by atoms with Crippen molar-refractivity contribution < 1.29 is 14.3 Å². The number of carbonyl (C=O) groups excluding carboxylic acids is 2. The van der Waals surface area contributed by atoms with E-state index in [4.69, 9.17) is 5.26 Å². The Hall–Kier alpha value is -2.22. The first-order valence-corrected chi connectivity index (χ1v) is 4.10. The highest BCUT2D eigenvalue weighted by atomic mass is 16.5. The second kappa shape index (κ2) is 4.33. The number of aromatic nitrogens is 1. The molecule has 1 aromatic rings. The second-order valence-electron chi connectivity index (χ2n) is 2.79. The number of hydrogen-bond donors (Lipinski definition) is 0. The standard InChI is InChI=1S/C10H8N2O3/c1-6(13)7-3-8(5-11)12-9(4-7)10(14)15-2/h3-4H,1-2H3. The first-order chi connectivity index (χ1) is 7.08. The van der Waals surface area contributed by atoms with Crippen molar-refractivity contribution in [1.29, 1.82) is 5.26 Å². The van der Waals surface area contributed by atoms with Crippen LogP contribution in [0.2, 0.25) is 0 Å². The van der Waals surface area contributed by atoms with Crippen molar-refractivity contribution in [3.8, 4) is 6.07 Å². The van der Waals surface area contributed by atoms with E-state index in [1.54, 1.807) is 6.07 Å². The van der Waals surface area contributed by atoms with Crippen LogP contribution in [0, 0.1) is 11.3 Å². The van der Waals surface area contributed by atoms with Gasteiger partial charge in [0.25, 0.3) is 0 Å². The molecule has 0 aromatic carbocycles. The summed E-state index contributed by atoms with van der Waals surface area (Å²) in [4.78, 5) is 26.0. The van der Waals surface area contributed by atoms with Crippen molar-refractivity contribution in [2.45, 2.75) is 6.92 Å². The molecule has 0 amide bonds. The maximum Gasteiger partial charge on any atom is 0.356 e. The molecule has 1 rings (SSSR count). The van der Waals surface area contributed by atoms with Crippen molar-refractivity contribution >= 4 is 11.8 Å². The highest BCUT2D eigenvalue weighted by Gasteiger charge is 2.12. The summed E-state index contributed by atoms with van der Waals surface area (Å²) in [6.45, 7) is 1.34. The number of ketones is 1. The molecular weight excluding hydrogens is 196 g/mol. The zero-order chi connectivity index (χ0) is 11.4. The summed E-state index contributed by atoms with van der Waals surface area (Å²) in [5.74, 6) is -0.909. The lowest BCUT2D eigenvalue weighted by atomic mass is 10.1. The fraction of sp³-hybridized carbons (Fsp3) is 0.200. The van der Waals surface area contributed by atoms with Gasteiger partial charge in [-0.25, -0.2) is 9.78 Å². The Morgan fingerprint density at radius 3 is 2.60 bits per heavy atom. The van der Waals surface area contributed by atoms with E-state index in [1.807, 2.05) is 0 Å². The van der Waals surface area contributed by atoms with Gasteiger partial charge >= 0.3 is 5.97 Å². The van der Waals surface area contributed by atoms with Gasteiger partial charge in [0.05, 0.1) is 7.11 Å². The molecule has 1 aromatic heterocycles. The molecular formula is C10H8N2O3. The first-order valence-electron chi connectivity index (χ1n) is 4.10. The zero-order valence-corrected chi connectivity index (χ0v) is 8.27. The van der Waals surface area contributed by atoms with Crippen LogP contribution in [0.25, 0.3) is 0 Å². The van der Waals surface area contributed by atoms with E-state index in [9.17, 15) is 9.59 Å². The number of esters is 1. The molecule has 0 aliphatic heterocycles. The summed E-state index contributed by atoms with van der Waals surface area (Å²) in [5.41, 5.74) is 0.242. The Bertz CT molecular complexity index is 460. The van der Waals surface area contributed by atoms with Gasteiger partial charge in [-0.2, -0.15) is 5.26 Å². The third-order valence-corrected chi connectivity index (χ3v) is 1.74. The number of Topliss-reactive ketones (excluding diaryl/α,β-unsaturated/α-hetero) is 1. The van der Waals surface area contributed by atoms with E-state index >= 15 is 0 Å². The lowest BCUT2D eigenvalue weighted by Crippen LogP contribution is -2.07. The van der Waals surface area contributed by atoms with Gasteiger partial charge in [0, 0.05) is 5.56 Å². The number of nitrogens with zero attached hydrogens (tertiary/aromatic N) is 2. The number of rotatable bonds is 2. The van der Waals surface area contributed by atoms with Gasteiger partial charge in [-0.1, -0.05) is 0 Å². The van der Waals surface area contributed by atoms with Gasteiger partial charge in [0.2, 0.25) is 0 Å². The van der Waals surface area contributed by atoms with Crippen molar-refractivity contribution in [3.63, 3.8) is 0 Å². The molecule has 0 aliphatic rings. The van der Waals surface area contributed by atoms with Crippen LogP contribution in [-0.2, 0) is 4.74 Å². The third-order valence-electron chi connectivity index (χ3n) is 1.74. The van der Waals surface area contributed by atoms with Crippen molar-refractivity contribution in [2.24, 2.45) is 0 Å². The highest BCUT2D eigenvalue weighted by Crippen LogP contribution is 2.07. The van der Waals surface area contributed by atoms with Gasteiger partial charge in [0.15, 0.2) is 11.5 Å². The highest BCUT2D eigenvalue weighted by molar-refractivity contribution is 5.97. The van der Waals surface area contributed by atoms with Crippen molar-refractivity contribution in [2.75, 3.05) is 7.11 Å². The summed E-state index contributed by atoms with van der Waals surface area (Å²) in [6, 6.07) is 4.40. The summed E-state index contributed by atoms with van der Waals surface area (Å²) in [5, 5.41) is 8.65. The number of nitriles is 1. The maximum absolute atomic E-state index is 11.2. The van der Waals surface area contributed by atoms with E-state index in [0.717, 1.165) is 0 Å². The van der Waals surface area contributed by atoms with Crippen LogP contribution in [-0.4, -0.2) is 23.8 Å². The molecule has 0 atom stereocenters. The number of carbonyl (C=O) groups is 2. The second-order valence-corrected chi connectivity index (χ2v) is 2.79. The average Bonchev–Trinajstić information content (AvgIpc) is 2.27. The average molecular weight is 204 g/mol. The molecule has 0 radical (unpaired) electrons. The fourth-order valence-electron chi connectivity index (χ4n) is 1.00. The van der Waals surface area contributed by atoms with Gasteiger partial charge in [0.1, 0.15) is 11.8 Å². The predicted octanol–water partition coefficient (Wildman–Crippen LogP) is 0.942. The summed E-state index contributed by atoms with van der Waals surface area (Å²) < 4.78 is 4.45. The molecule has 0 unspecified atom stereocenters. The van der Waals surface area contributed by atoms with Crippen LogP contribution >= 0.6 is 0 Å². The zero-order valence-electron chi connectivity index (χ0n) is 8.27. The summed E-state index contributed by atoms with van der Waals surface area (Å²) >= 11 is 0. The van der Waals surface area contributed by atoms with E-state index in [1.165, 1.54) is 26.2 Å². The third kappa shape index (κ3) is 2.38. The van der Waals surface area contributed by atoms with Gasteiger partial charge in [-0.3, -0.25) is 4.79 Å². The summed E-state index contributed by atoms with van der Waals surface area (Å²) in [7, 11) is 1.20. The molecule has 5 heteroatoms. The number of methoxy groups -OCH3 is 1. The SMILES string of the molecule is COC(=O)c1cc(C(C)=O)cc(C#N)n1. The largest absolute Gasteiger partial charge is 0.464 e. The normalized spacial score (nSPS) is 9.13.